The molecule has 2 heterocycles. The molecule has 0 aliphatic carbocycles. The molecule has 0 saturated heterocycles. The topological polar surface area (TPSA) is 73.3 Å². The molecule has 5 nitrogen and oxygen atoms in total. The Morgan fingerprint density at radius 3 is 2.88 bits per heavy atom. The third-order valence-corrected chi connectivity index (χ3v) is 3.04. The van der Waals surface area contributed by atoms with E-state index in [0.29, 0.717) is 10.1 Å². The molecular formula is C10H12N4OS. The molecule has 0 aromatic carbocycles. The van der Waals surface area contributed by atoms with Crippen LogP contribution in [0.5, 0.6) is 0 Å². The van der Waals surface area contributed by atoms with E-state index < -0.39 is 0 Å². The lowest BCUT2D eigenvalue weighted by atomic mass is 10.2. The number of nitrogens with two attached hydrogens (primary N) is 1. The number of hydrogen-bond donors (Lipinski definition) is 1. The largest absolute Gasteiger partial charge is 0.378 e. The smallest absolute Gasteiger partial charge is 0.286 e. The molecule has 0 fully saturated rings. The Hall–Kier alpha value is -1.56. The minimum atomic E-state index is -0.272. The van der Waals surface area contributed by atoms with Gasteiger partial charge in [0.25, 0.3) is 5.91 Å². The summed E-state index contributed by atoms with van der Waals surface area (Å²) in [4.78, 5) is 15.6. The van der Waals surface area contributed by atoms with Crippen LogP contribution < -0.4 is 5.73 Å². The van der Waals surface area contributed by atoms with Gasteiger partial charge in [0, 0.05) is 18.3 Å². The first-order valence-electron chi connectivity index (χ1n) is 4.92. The van der Waals surface area contributed by atoms with Gasteiger partial charge in [-0.2, -0.15) is 10.1 Å². The molecule has 2 N–H and O–H groups in total. The first-order chi connectivity index (χ1) is 7.60. The van der Waals surface area contributed by atoms with Gasteiger partial charge in [0.2, 0.25) is 0 Å². The quantitative estimate of drug-likeness (QED) is 0.781. The summed E-state index contributed by atoms with van der Waals surface area (Å²) in [6, 6.07) is 0. The Labute approximate surface area is 97.4 Å². The van der Waals surface area contributed by atoms with Gasteiger partial charge in [0.05, 0.1) is 10.6 Å². The van der Waals surface area contributed by atoms with Crippen LogP contribution in [0.15, 0.2) is 16.1 Å². The second-order valence-corrected chi connectivity index (χ2v) is 4.45. The van der Waals surface area contributed by atoms with E-state index in [1.54, 1.807) is 6.08 Å². The third kappa shape index (κ3) is 2.01. The maximum atomic E-state index is 11.4. The van der Waals surface area contributed by atoms with Gasteiger partial charge in [0.1, 0.15) is 0 Å². The number of hydrogen-bond acceptors (Lipinski definition) is 4. The molecule has 6 heteroatoms. The van der Waals surface area contributed by atoms with Crippen LogP contribution in [0.1, 0.15) is 18.2 Å². The number of amides is 1. The molecule has 0 radical (unpaired) electrons. The standard InChI is InChI=1S/C10H12N4OS/c1-3-14-5-7(6(2)13-14)4-8-9(15)12-10(11)16-8/h4-5H,3H2,1-2H3,(H2,11,12,15)/b8-4-. The first kappa shape index (κ1) is 10.9. The maximum absolute atomic E-state index is 11.4. The fourth-order valence-corrected chi connectivity index (χ4v) is 2.08. The van der Waals surface area contributed by atoms with Crippen molar-refractivity contribution in [2.45, 2.75) is 20.4 Å². The zero-order chi connectivity index (χ0) is 11.7. The van der Waals surface area contributed by atoms with Crippen molar-refractivity contribution >= 4 is 28.9 Å². The van der Waals surface area contributed by atoms with Crippen molar-refractivity contribution in [3.63, 3.8) is 0 Å². The monoisotopic (exact) mass is 236 g/mol. The summed E-state index contributed by atoms with van der Waals surface area (Å²) in [7, 11) is 0. The average molecular weight is 236 g/mol. The van der Waals surface area contributed by atoms with Gasteiger partial charge in [-0.05, 0) is 31.7 Å². The predicted octanol–water partition coefficient (Wildman–Crippen LogP) is 1.14. The number of amidine groups is 1. The van der Waals surface area contributed by atoms with Crippen LogP contribution in [0.25, 0.3) is 6.08 Å². The minimum Gasteiger partial charge on any atom is -0.378 e. The normalized spacial score (nSPS) is 18.2. The van der Waals surface area contributed by atoms with Crippen molar-refractivity contribution in [1.82, 2.24) is 9.78 Å². The molecule has 1 aromatic rings. The van der Waals surface area contributed by atoms with Gasteiger partial charge in [-0.25, -0.2) is 0 Å². The molecule has 2 rings (SSSR count). The highest BCUT2D eigenvalue weighted by Crippen LogP contribution is 2.26. The molecule has 0 bridgehead atoms. The van der Waals surface area contributed by atoms with Crippen LogP contribution in [0.4, 0.5) is 0 Å². The Morgan fingerprint density at radius 2 is 2.38 bits per heavy atom. The lowest BCUT2D eigenvalue weighted by Crippen LogP contribution is -2.01. The Balaban J connectivity index is 2.30. The van der Waals surface area contributed by atoms with Gasteiger partial charge in [-0.15, -0.1) is 0 Å². The van der Waals surface area contributed by atoms with Gasteiger partial charge < -0.3 is 5.73 Å². The molecule has 1 aromatic heterocycles. The highest BCUT2D eigenvalue weighted by atomic mass is 32.2. The molecule has 0 saturated carbocycles. The number of carbonyl (C=O) groups excluding carboxylic acids is 1. The lowest BCUT2D eigenvalue weighted by molar-refractivity contribution is -0.113. The SMILES string of the molecule is CCn1cc(/C=C2\SC(N)=NC2=O)c(C)n1. The summed E-state index contributed by atoms with van der Waals surface area (Å²) in [5, 5.41) is 4.60. The van der Waals surface area contributed by atoms with Crippen molar-refractivity contribution in [3.8, 4) is 0 Å². The van der Waals surface area contributed by atoms with Crippen LogP contribution >= 0.6 is 11.8 Å². The number of thioether (sulfide) groups is 1. The van der Waals surface area contributed by atoms with E-state index in [1.807, 2.05) is 24.7 Å². The van der Waals surface area contributed by atoms with Crippen LogP contribution in [0.2, 0.25) is 0 Å². The van der Waals surface area contributed by atoms with Gasteiger partial charge in [-0.1, -0.05) is 0 Å². The van der Waals surface area contributed by atoms with Gasteiger partial charge in [-0.3, -0.25) is 9.48 Å². The molecule has 0 atom stereocenters. The van der Waals surface area contributed by atoms with E-state index in [1.165, 1.54) is 11.8 Å². The van der Waals surface area contributed by atoms with Crippen molar-refractivity contribution < 1.29 is 4.79 Å². The highest BCUT2D eigenvalue weighted by molar-refractivity contribution is 8.18. The fourth-order valence-electron chi connectivity index (χ4n) is 1.40. The zero-order valence-corrected chi connectivity index (χ0v) is 9.91. The van der Waals surface area contributed by atoms with Crippen LogP contribution in [-0.2, 0) is 11.3 Å². The van der Waals surface area contributed by atoms with Gasteiger partial charge >= 0.3 is 0 Å². The zero-order valence-electron chi connectivity index (χ0n) is 9.10. The van der Waals surface area contributed by atoms with Crippen LogP contribution in [-0.4, -0.2) is 20.9 Å². The molecule has 1 amide bonds. The number of nitrogens with zero attached hydrogens (tertiary/aromatic N) is 3. The molecule has 16 heavy (non-hydrogen) atoms. The van der Waals surface area contributed by atoms with E-state index >= 15 is 0 Å². The summed E-state index contributed by atoms with van der Waals surface area (Å²) in [6.07, 6.45) is 3.69. The molecule has 0 spiro atoms. The van der Waals surface area contributed by atoms with Crippen LogP contribution in [0, 0.1) is 6.92 Å². The predicted molar refractivity (Wildman–Crippen MR) is 64.8 cm³/mol. The second-order valence-electron chi connectivity index (χ2n) is 3.39. The van der Waals surface area contributed by atoms with E-state index in [2.05, 4.69) is 10.1 Å². The number of rotatable bonds is 2. The van der Waals surface area contributed by atoms with E-state index in [9.17, 15) is 4.79 Å². The first-order valence-corrected chi connectivity index (χ1v) is 5.74. The number of aromatic nitrogens is 2. The van der Waals surface area contributed by atoms with E-state index in [4.69, 9.17) is 5.73 Å². The molecule has 0 unspecified atom stereocenters. The third-order valence-electron chi connectivity index (χ3n) is 2.23. The van der Waals surface area contributed by atoms with Gasteiger partial charge in [0.15, 0.2) is 5.17 Å². The summed E-state index contributed by atoms with van der Waals surface area (Å²) in [5.74, 6) is -0.272. The maximum Gasteiger partial charge on any atom is 0.286 e. The Bertz CT molecular complexity index is 501. The highest BCUT2D eigenvalue weighted by Gasteiger charge is 2.20. The average Bonchev–Trinajstić information content (AvgIpc) is 2.72. The molecule has 84 valence electrons. The van der Waals surface area contributed by atoms with Crippen molar-refractivity contribution in [2.24, 2.45) is 10.7 Å². The number of carbonyl (C=O) groups is 1. The summed E-state index contributed by atoms with van der Waals surface area (Å²) < 4.78 is 1.83. The Morgan fingerprint density at radius 1 is 1.62 bits per heavy atom. The van der Waals surface area contributed by atoms with Crippen LogP contribution in [0.3, 0.4) is 0 Å². The number of aliphatic imine (C=N–C) groups is 1. The Kier molecular flexibility index (Phi) is 2.82. The summed E-state index contributed by atoms with van der Waals surface area (Å²) in [5.41, 5.74) is 7.30. The van der Waals surface area contributed by atoms with Crippen molar-refractivity contribution in [3.05, 3.63) is 22.4 Å². The summed E-state index contributed by atoms with van der Waals surface area (Å²) >= 11 is 1.20. The lowest BCUT2D eigenvalue weighted by Gasteiger charge is -1.92. The molecule has 1 aliphatic rings. The summed E-state index contributed by atoms with van der Waals surface area (Å²) in [6.45, 7) is 4.73. The second kappa shape index (κ2) is 4.13. The van der Waals surface area contributed by atoms with E-state index in [-0.39, 0.29) is 5.91 Å². The van der Waals surface area contributed by atoms with Crippen molar-refractivity contribution in [2.75, 3.05) is 0 Å². The van der Waals surface area contributed by atoms with E-state index in [0.717, 1.165) is 17.8 Å². The fraction of sp³-hybridized carbons (Fsp3) is 0.300. The van der Waals surface area contributed by atoms with Crippen molar-refractivity contribution in [1.29, 1.82) is 0 Å². The minimum absolute atomic E-state index is 0.272. The number of aryl methyl sites for hydroxylation is 2. The molecular weight excluding hydrogens is 224 g/mol. The molecule has 1 aliphatic heterocycles.